The van der Waals surface area contributed by atoms with Crippen molar-refractivity contribution in [1.29, 1.82) is 0 Å². The van der Waals surface area contributed by atoms with Crippen LogP contribution in [0.1, 0.15) is 17.4 Å². The van der Waals surface area contributed by atoms with Crippen molar-refractivity contribution in [3.8, 4) is 0 Å². The van der Waals surface area contributed by atoms with E-state index in [4.69, 9.17) is 4.74 Å². The predicted molar refractivity (Wildman–Crippen MR) is 75.7 cm³/mol. The first-order valence-corrected chi connectivity index (χ1v) is 6.38. The van der Waals surface area contributed by atoms with Crippen LogP contribution in [0.15, 0.2) is 29.1 Å². The average Bonchev–Trinajstić information content (AvgIpc) is 2.46. The van der Waals surface area contributed by atoms with Gasteiger partial charge in [-0.05, 0) is 12.0 Å². The minimum atomic E-state index is -0.305. The van der Waals surface area contributed by atoms with Gasteiger partial charge >= 0.3 is 0 Å². The third-order valence-electron chi connectivity index (χ3n) is 2.97. The zero-order valence-electron chi connectivity index (χ0n) is 11.5. The van der Waals surface area contributed by atoms with Gasteiger partial charge in [0.05, 0.1) is 12.0 Å². The lowest BCUT2D eigenvalue weighted by Gasteiger charge is -2.11. The Hall–Kier alpha value is -2.21. The van der Waals surface area contributed by atoms with E-state index in [1.165, 1.54) is 0 Å². The van der Waals surface area contributed by atoms with Crippen molar-refractivity contribution in [3.05, 3.63) is 40.3 Å². The van der Waals surface area contributed by atoms with E-state index in [1.54, 1.807) is 31.4 Å². The molecule has 0 bridgehead atoms. The molecule has 6 heteroatoms. The van der Waals surface area contributed by atoms with Crippen molar-refractivity contribution in [3.63, 3.8) is 0 Å². The van der Waals surface area contributed by atoms with Gasteiger partial charge in [-0.15, -0.1) is 0 Å². The molecule has 1 heterocycles. The van der Waals surface area contributed by atoms with Crippen molar-refractivity contribution in [2.75, 3.05) is 20.3 Å². The minimum absolute atomic E-state index is 0.206. The number of carbonyl (C=O) groups excluding carboxylic acids is 1. The first-order chi connectivity index (χ1) is 9.63. The summed E-state index contributed by atoms with van der Waals surface area (Å²) in [6.45, 7) is 3.03. The molecule has 1 unspecified atom stereocenters. The van der Waals surface area contributed by atoms with Crippen molar-refractivity contribution in [1.82, 2.24) is 15.5 Å². The Kier molecular flexibility index (Phi) is 4.47. The smallest absolute Gasteiger partial charge is 0.272 e. The molecule has 106 valence electrons. The number of hydrogen-bond acceptors (Lipinski definition) is 4. The molecular weight excluding hydrogens is 258 g/mol. The first kappa shape index (κ1) is 14.2. The van der Waals surface area contributed by atoms with E-state index < -0.39 is 0 Å². The Morgan fingerprint density at radius 1 is 1.40 bits per heavy atom. The molecule has 20 heavy (non-hydrogen) atoms. The molecule has 2 aromatic rings. The summed E-state index contributed by atoms with van der Waals surface area (Å²) in [5.41, 5.74) is -0.0743. The number of nitrogens with one attached hydrogen (secondary N) is 2. The second-order valence-corrected chi connectivity index (χ2v) is 4.72. The molecule has 0 radical (unpaired) electrons. The molecular formula is C14H17N3O3. The highest BCUT2D eigenvalue weighted by atomic mass is 16.5. The Balaban J connectivity index is 2.23. The zero-order chi connectivity index (χ0) is 14.5. The summed E-state index contributed by atoms with van der Waals surface area (Å²) >= 11 is 0. The van der Waals surface area contributed by atoms with E-state index in [0.717, 1.165) is 0 Å². The Labute approximate surface area is 116 Å². The van der Waals surface area contributed by atoms with E-state index in [0.29, 0.717) is 23.9 Å². The molecule has 2 N–H and O–H groups in total. The monoisotopic (exact) mass is 275 g/mol. The summed E-state index contributed by atoms with van der Waals surface area (Å²) in [6.07, 6.45) is 0. The Morgan fingerprint density at radius 2 is 2.10 bits per heavy atom. The van der Waals surface area contributed by atoms with Crippen LogP contribution in [0.5, 0.6) is 0 Å². The molecule has 0 saturated carbocycles. The fraction of sp³-hybridized carbons (Fsp3) is 0.357. The number of H-pyrrole nitrogens is 1. The van der Waals surface area contributed by atoms with Crippen molar-refractivity contribution in [2.45, 2.75) is 6.92 Å². The van der Waals surface area contributed by atoms with Crippen LogP contribution < -0.4 is 10.9 Å². The zero-order valence-corrected chi connectivity index (χ0v) is 11.5. The van der Waals surface area contributed by atoms with Gasteiger partial charge < -0.3 is 10.1 Å². The first-order valence-electron chi connectivity index (χ1n) is 6.38. The molecule has 0 spiro atoms. The second-order valence-electron chi connectivity index (χ2n) is 4.72. The minimum Gasteiger partial charge on any atom is -0.384 e. The molecule has 1 aromatic heterocycles. The van der Waals surface area contributed by atoms with Crippen molar-refractivity contribution < 1.29 is 9.53 Å². The molecule has 1 amide bonds. The third-order valence-corrected chi connectivity index (χ3v) is 2.97. The van der Waals surface area contributed by atoms with E-state index in [9.17, 15) is 9.59 Å². The van der Waals surface area contributed by atoms with Gasteiger partial charge in [0.25, 0.3) is 11.5 Å². The summed E-state index contributed by atoms with van der Waals surface area (Å²) in [7, 11) is 1.62. The molecule has 1 aromatic carbocycles. The van der Waals surface area contributed by atoms with Gasteiger partial charge in [0.1, 0.15) is 0 Å². The number of methoxy groups -OCH3 is 1. The van der Waals surface area contributed by atoms with E-state index in [2.05, 4.69) is 15.5 Å². The summed E-state index contributed by atoms with van der Waals surface area (Å²) in [5.74, 6) is -0.0987. The fourth-order valence-corrected chi connectivity index (χ4v) is 1.98. The number of fused-ring (bicyclic) bond motifs is 1. The maximum Gasteiger partial charge on any atom is 0.272 e. The van der Waals surface area contributed by atoms with Gasteiger partial charge in [0.2, 0.25) is 0 Å². The van der Waals surface area contributed by atoms with Gasteiger partial charge in [0, 0.05) is 19.0 Å². The lowest BCUT2D eigenvalue weighted by molar-refractivity contribution is 0.0930. The molecule has 0 saturated heterocycles. The second kappa shape index (κ2) is 6.29. The highest BCUT2D eigenvalue weighted by Gasteiger charge is 2.14. The summed E-state index contributed by atoms with van der Waals surface area (Å²) in [6, 6.07) is 6.90. The van der Waals surface area contributed by atoms with Crippen LogP contribution in [-0.4, -0.2) is 36.4 Å². The van der Waals surface area contributed by atoms with Crippen LogP contribution in [0.2, 0.25) is 0 Å². The molecule has 6 nitrogen and oxygen atoms in total. The normalized spacial score (nSPS) is 12.3. The molecule has 0 aliphatic carbocycles. The summed E-state index contributed by atoms with van der Waals surface area (Å²) in [5, 5.41) is 9.99. The van der Waals surface area contributed by atoms with Crippen molar-refractivity contribution in [2.24, 2.45) is 5.92 Å². The maximum absolute atomic E-state index is 12.1. The number of ether oxygens (including phenoxy) is 1. The highest BCUT2D eigenvalue weighted by molar-refractivity contribution is 6.04. The largest absolute Gasteiger partial charge is 0.384 e. The van der Waals surface area contributed by atoms with Crippen LogP contribution >= 0.6 is 0 Å². The predicted octanol–water partition coefficient (Wildman–Crippen LogP) is 0.935. The van der Waals surface area contributed by atoms with Crippen LogP contribution in [0.3, 0.4) is 0 Å². The molecule has 1 atom stereocenters. The van der Waals surface area contributed by atoms with Crippen LogP contribution in [0, 0.1) is 5.92 Å². The maximum atomic E-state index is 12.1. The van der Waals surface area contributed by atoms with Gasteiger partial charge in [-0.25, -0.2) is 5.10 Å². The summed E-state index contributed by atoms with van der Waals surface area (Å²) < 4.78 is 5.01. The van der Waals surface area contributed by atoms with Gasteiger partial charge in [0.15, 0.2) is 5.69 Å². The number of benzene rings is 1. The average molecular weight is 275 g/mol. The number of carbonyl (C=O) groups is 1. The molecule has 0 fully saturated rings. The quantitative estimate of drug-likeness (QED) is 0.850. The standard InChI is InChI=1S/C14H17N3O3/c1-9(8-20-2)7-15-14(19)12-10-5-3-4-6-11(10)13(18)17-16-12/h3-6,9H,7-8H2,1-2H3,(H,15,19)(H,17,18). The topological polar surface area (TPSA) is 84.1 Å². The fourth-order valence-electron chi connectivity index (χ4n) is 1.98. The van der Waals surface area contributed by atoms with E-state index >= 15 is 0 Å². The SMILES string of the molecule is COCC(C)CNC(=O)c1n[nH]c(=O)c2ccccc12. The Morgan fingerprint density at radius 3 is 2.80 bits per heavy atom. The Bertz CT molecular complexity index is 666. The van der Waals surface area contributed by atoms with Crippen molar-refractivity contribution >= 4 is 16.7 Å². The molecule has 0 aliphatic rings. The van der Waals surface area contributed by atoms with Gasteiger partial charge in [-0.2, -0.15) is 5.10 Å². The molecule has 0 aliphatic heterocycles. The molecule has 2 rings (SSSR count). The third kappa shape index (κ3) is 3.03. The van der Waals surface area contributed by atoms with Crippen LogP contribution in [0.25, 0.3) is 10.8 Å². The number of nitrogens with zero attached hydrogens (tertiary/aromatic N) is 1. The number of amides is 1. The van der Waals surface area contributed by atoms with E-state index in [1.807, 2.05) is 6.92 Å². The number of aromatic amines is 1. The van der Waals surface area contributed by atoms with Gasteiger partial charge in [-0.3, -0.25) is 9.59 Å². The number of rotatable bonds is 5. The van der Waals surface area contributed by atoms with Gasteiger partial charge in [-0.1, -0.05) is 25.1 Å². The lowest BCUT2D eigenvalue weighted by Crippen LogP contribution is -2.31. The lowest BCUT2D eigenvalue weighted by atomic mass is 10.1. The van der Waals surface area contributed by atoms with Crippen LogP contribution in [0.4, 0.5) is 0 Å². The highest BCUT2D eigenvalue weighted by Crippen LogP contribution is 2.12. The van der Waals surface area contributed by atoms with Crippen LogP contribution in [-0.2, 0) is 4.74 Å². The number of aromatic nitrogens is 2. The van der Waals surface area contributed by atoms with E-state index in [-0.39, 0.29) is 23.1 Å². The summed E-state index contributed by atoms with van der Waals surface area (Å²) in [4.78, 5) is 23.8. The number of hydrogen-bond donors (Lipinski definition) is 2.